The molecule has 0 saturated carbocycles. The highest BCUT2D eigenvalue weighted by Gasteiger charge is 2.29. The molecule has 4 nitrogen and oxygen atoms in total. The maximum atomic E-state index is 8.90. The second kappa shape index (κ2) is 3.89. The summed E-state index contributed by atoms with van der Waals surface area (Å²) in [6, 6.07) is 10.3. The van der Waals surface area contributed by atoms with E-state index in [0.717, 1.165) is 12.1 Å². The Morgan fingerprint density at radius 3 is 3.00 bits per heavy atom. The Hall–Kier alpha value is -1.81. The third-order valence-electron chi connectivity index (χ3n) is 3.35. The van der Waals surface area contributed by atoms with Gasteiger partial charge in [0.15, 0.2) is 0 Å². The fourth-order valence-corrected chi connectivity index (χ4v) is 2.42. The summed E-state index contributed by atoms with van der Waals surface area (Å²) in [5.74, 6) is 0.992. The monoisotopic (exact) mass is 229 g/mol. The lowest BCUT2D eigenvalue weighted by molar-refractivity contribution is 0.270. The van der Waals surface area contributed by atoms with Crippen molar-refractivity contribution in [3.63, 3.8) is 0 Å². The molecule has 0 bridgehead atoms. The lowest BCUT2D eigenvalue weighted by atomic mass is 9.76. The molecular formula is C13H15N3O. The number of aromatic nitrogens is 2. The molecular weight excluding hydrogens is 214 g/mol. The summed E-state index contributed by atoms with van der Waals surface area (Å²) in [7, 11) is 0. The summed E-state index contributed by atoms with van der Waals surface area (Å²) in [5, 5.41) is 13.4. The average molecular weight is 229 g/mol. The van der Waals surface area contributed by atoms with Crippen LogP contribution in [0.5, 0.6) is 0 Å². The van der Waals surface area contributed by atoms with Crippen molar-refractivity contribution in [3.8, 4) is 0 Å². The molecule has 0 radical (unpaired) electrons. The minimum atomic E-state index is 0.0621. The van der Waals surface area contributed by atoms with Crippen LogP contribution in [0.25, 0.3) is 0 Å². The Balaban J connectivity index is 1.90. The van der Waals surface area contributed by atoms with Gasteiger partial charge >= 0.3 is 0 Å². The highest BCUT2D eigenvalue weighted by atomic mass is 16.3. The molecule has 2 aromatic rings. The van der Waals surface area contributed by atoms with Gasteiger partial charge in [-0.25, -0.2) is 4.68 Å². The van der Waals surface area contributed by atoms with Crippen LogP contribution < -0.4 is 5.73 Å². The first-order chi connectivity index (χ1) is 8.29. The van der Waals surface area contributed by atoms with Crippen molar-refractivity contribution in [3.05, 3.63) is 47.2 Å². The lowest BCUT2D eigenvalue weighted by Crippen LogP contribution is -2.18. The van der Waals surface area contributed by atoms with Gasteiger partial charge in [0.1, 0.15) is 5.82 Å². The SMILES string of the molecule is Nc1cc(C2Cc3ccccc32)nn1CCO. The van der Waals surface area contributed by atoms with E-state index in [1.807, 2.05) is 6.07 Å². The molecule has 1 unspecified atom stereocenters. The van der Waals surface area contributed by atoms with E-state index < -0.39 is 0 Å². The van der Waals surface area contributed by atoms with E-state index in [4.69, 9.17) is 10.8 Å². The Labute approximate surface area is 99.7 Å². The number of aliphatic hydroxyl groups excluding tert-OH is 1. The van der Waals surface area contributed by atoms with Crippen LogP contribution in [0.15, 0.2) is 30.3 Å². The van der Waals surface area contributed by atoms with Gasteiger partial charge in [-0.1, -0.05) is 24.3 Å². The van der Waals surface area contributed by atoms with E-state index in [9.17, 15) is 0 Å². The maximum absolute atomic E-state index is 8.90. The standard InChI is InChI=1S/C13H15N3O/c14-13-8-12(15-16(13)5-6-17)11-7-9-3-1-2-4-10(9)11/h1-4,8,11,17H,5-7,14H2. The third-order valence-corrected chi connectivity index (χ3v) is 3.35. The number of nitrogens with zero attached hydrogens (tertiary/aromatic N) is 2. The predicted octanol–water partition coefficient (Wildman–Crippen LogP) is 1.15. The van der Waals surface area contributed by atoms with E-state index in [1.54, 1.807) is 4.68 Å². The molecule has 1 aromatic heterocycles. The molecule has 0 aliphatic heterocycles. The minimum absolute atomic E-state index is 0.0621. The zero-order chi connectivity index (χ0) is 11.8. The van der Waals surface area contributed by atoms with E-state index >= 15 is 0 Å². The highest BCUT2D eigenvalue weighted by Crippen LogP contribution is 2.39. The molecule has 3 rings (SSSR count). The third kappa shape index (κ3) is 1.61. The van der Waals surface area contributed by atoms with Gasteiger partial charge in [-0.2, -0.15) is 5.10 Å². The number of rotatable bonds is 3. The molecule has 88 valence electrons. The first-order valence-corrected chi connectivity index (χ1v) is 5.81. The van der Waals surface area contributed by atoms with Gasteiger partial charge in [-0.15, -0.1) is 0 Å². The van der Waals surface area contributed by atoms with Crippen molar-refractivity contribution in [1.82, 2.24) is 9.78 Å². The Morgan fingerprint density at radius 1 is 1.41 bits per heavy atom. The molecule has 1 aromatic carbocycles. The molecule has 0 amide bonds. The van der Waals surface area contributed by atoms with Crippen molar-refractivity contribution in [2.45, 2.75) is 18.9 Å². The molecule has 1 atom stereocenters. The van der Waals surface area contributed by atoms with Gasteiger partial charge in [-0.05, 0) is 17.5 Å². The van der Waals surface area contributed by atoms with Crippen LogP contribution in [0.2, 0.25) is 0 Å². The number of benzene rings is 1. The van der Waals surface area contributed by atoms with Gasteiger partial charge in [0.2, 0.25) is 0 Å². The van der Waals surface area contributed by atoms with Crippen LogP contribution >= 0.6 is 0 Å². The van der Waals surface area contributed by atoms with Gasteiger partial charge in [0.05, 0.1) is 18.8 Å². The van der Waals surface area contributed by atoms with E-state index in [1.165, 1.54) is 11.1 Å². The van der Waals surface area contributed by atoms with Crippen LogP contribution in [0.1, 0.15) is 22.7 Å². The molecule has 17 heavy (non-hydrogen) atoms. The summed E-state index contributed by atoms with van der Waals surface area (Å²) in [6.45, 7) is 0.521. The molecule has 1 aliphatic carbocycles. The second-order valence-corrected chi connectivity index (χ2v) is 4.40. The van der Waals surface area contributed by atoms with Crippen molar-refractivity contribution < 1.29 is 5.11 Å². The second-order valence-electron chi connectivity index (χ2n) is 4.40. The molecule has 1 aliphatic rings. The Morgan fingerprint density at radius 2 is 2.24 bits per heavy atom. The first kappa shape index (κ1) is 10.4. The van der Waals surface area contributed by atoms with E-state index in [2.05, 4.69) is 29.4 Å². The number of anilines is 1. The van der Waals surface area contributed by atoms with Crippen LogP contribution in [0.3, 0.4) is 0 Å². The number of hydrogen-bond donors (Lipinski definition) is 2. The number of fused-ring (bicyclic) bond motifs is 1. The molecule has 0 fully saturated rings. The summed E-state index contributed by atoms with van der Waals surface area (Å²) in [4.78, 5) is 0. The molecule has 0 saturated heterocycles. The van der Waals surface area contributed by atoms with Crippen molar-refractivity contribution in [2.24, 2.45) is 0 Å². The highest BCUT2D eigenvalue weighted by molar-refractivity contribution is 5.47. The largest absolute Gasteiger partial charge is 0.394 e. The van der Waals surface area contributed by atoms with Crippen LogP contribution in [-0.4, -0.2) is 21.5 Å². The summed E-state index contributed by atoms with van der Waals surface area (Å²) < 4.78 is 1.66. The molecule has 1 heterocycles. The van der Waals surface area contributed by atoms with Crippen LogP contribution in [-0.2, 0) is 13.0 Å². The van der Waals surface area contributed by atoms with Gasteiger partial charge in [0.25, 0.3) is 0 Å². The quantitative estimate of drug-likeness (QED) is 0.829. The Bertz CT molecular complexity index is 547. The minimum Gasteiger partial charge on any atom is -0.394 e. The first-order valence-electron chi connectivity index (χ1n) is 5.81. The van der Waals surface area contributed by atoms with Crippen LogP contribution in [0.4, 0.5) is 5.82 Å². The normalized spacial score (nSPS) is 17.6. The summed E-state index contributed by atoms with van der Waals surface area (Å²) >= 11 is 0. The van der Waals surface area contributed by atoms with Crippen molar-refractivity contribution in [1.29, 1.82) is 0 Å². The number of nitrogens with two attached hydrogens (primary N) is 1. The number of aliphatic hydroxyl groups is 1. The Kier molecular flexibility index (Phi) is 2.37. The smallest absolute Gasteiger partial charge is 0.122 e. The predicted molar refractivity (Wildman–Crippen MR) is 65.7 cm³/mol. The average Bonchev–Trinajstić information content (AvgIpc) is 2.63. The molecule has 4 heteroatoms. The van der Waals surface area contributed by atoms with Crippen LogP contribution in [0, 0.1) is 0 Å². The topological polar surface area (TPSA) is 64.1 Å². The van der Waals surface area contributed by atoms with Crippen molar-refractivity contribution in [2.75, 3.05) is 12.3 Å². The fourth-order valence-electron chi connectivity index (χ4n) is 2.42. The van der Waals surface area contributed by atoms with Crippen molar-refractivity contribution >= 4 is 5.82 Å². The number of nitrogen functional groups attached to an aromatic ring is 1. The fraction of sp³-hybridized carbons (Fsp3) is 0.308. The van der Waals surface area contributed by atoms with Gasteiger partial charge in [0, 0.05) is 12.0 Å². The van der Waals surface area contributed by atoms with Gasteiger partial charge < -0.3 is 10.8 Å². The molecule has 3 N–H and O–H groups in total. The zero-order valence-corrected chi connectivity index (χ0v) is 9.50. The lowest BCUT2D eigenvalue weighted by Gasteiger charge is -2.28. The van der Waals surface area contributed by atoms with E-state index in [0.29, 0.717) is 18.3 Å². The van der Waals surface area contributed by atoms with Gasteiger partial charge in [-0.3, -0.25) is 0 Å². The van der Waals surface area contributed by atoms with E-state index in [-0.39, 0.29) is 6.61 Å². The zero-order valence-electron chi connectivity index (χ0n) is 9.50. The maximum Gasteiger partial charge on any atom is 0.122 e. The molecule has 0 spiro atoms. The number of hydrogen-bond acceptors (Lipinski definition) is 3. The summed E-state index contributed by atoms with van der Waals surface area (Å²) in [5.41, 5.74) is 9.61. The summed E-state index contributed by atoms with van der Waals surface area (Å²) in [6.07, 6.45) is 1.03.